The Morgan fingerprint density at radius 2 is 2.22 bits per heavy atom. The van der Waals surface area contributed by atoms with Crippen molar-refractivity contribution in [2.75, 3.05) is 11.9 Å². The zero-order chi connectivity index (χ0) is 16.7. The number of aryl methyl sites for hydroxylation is 1. The largest absolute Gasteiger partial charge is 0.322 e. The summed E-state index contributed by atoms with van der Waals surface area (Å²) >= 11 is 6.07. The second kappa shape index (κ2) is 8.16. The molecular weight excluding hydrogens is 312 g/mol. The van der Waals surface area contributed by atoms with Crippen LogP contribution in [0.4, 0.5) is 10.5 Å². The van der Waals surface area contributed by atoms with Crippen molar-refractivity contribution in [3.8, 4) is 6.07 Å². The van der Waals surface area contributed by atoms with Gasteiger partial charge in [0.15, 0.2) is 0 Å². The van der Waals surface area contributed by atoms with E-state index in [9.17, 15) is 4.79 Å². The molecule has 2 amide bonds. The zero-order valence-electron chi connectivity index (χ0n) is 12.8. The van der Waals surface area contributed by atoms with Crippen molar-refractivity contribution in [3.05, 3.63) is 58.9 Å². The van der Waals surface area contributed by atoms with Crippen molar-refractivity contribution in [2.24, 2.45) is 0 Å². The summed E-state index contributed by atoms with van der Waals surface area (Å²) in [6, 6.07) is 12.6. The Hall–Kier alpha value is -2.58. The van der Waals surface area contributed by atoms with Crippen molar-refractivity contribution in [3.63, 3.8) is 0 Å². The fraction of sp³-hybridized carbons (Fsp3) is 0.235. The topological polar surface area (TPSA) is 69.0 Å². The van der Waals surface area contributed by atoms with Gasteiger partial charge in [0.1, 0.15) is 0 Å². The molecule has 0 radical (unpaired) electrons. The third-order valence-corrected chi connectivity index (χ3v) is 3.69. The molecule has 0 saturated heterocycles. The number of rotatable bonds is 5. The minimum atomic E-state index is -0.286. The summed E-state index contributed by atoms with van der Waals surface area (Å²) in [4.78, 5) is 18.2. The Balaban J connectivity index is 2.09. The maximum atomic E-state index is 12.5. The highest BCUT2D eigenvalue weighted by atomic mass is 35.5. The number of urea groups is 1. The van der Waals surface area contributed by atoms with Crippen LogP contribution in [0.15, 0.2) is 42.6 Å². The number of hydrogen-bond donors (Lipinski definition) is 1. The van der Waals surface area contributed by atoms with Crippen molar-refractivity contribution in [1.29, 1.82) is 5.26 Å². The van der Waals surface area contributed by atoms with E-state index in [0.717, 1.165) is 11.3 Å². The molecule has 0 atom stereocenters. The van der Waals surface area contributed by atoms with Gasteiger partial charge in [0.05, 0.1) is 24.7 Å². The normalized spacial score (nSPS) is 9.96. The van der Waals surface area contributed by atoms with Gasteiger partial charge in [-0.15, -0.1) is 0 Å². The Morgan fingerprint density at radius 3 is 2.87 bits per heavy atom. The summed E-state index contributed by atoms with van der Waals surface area (Å²) in [5.41, 5.74) is 2.33. The minimum Gasteiger partial charge on any atom is -0.318 e. The lowest BCUT2D eigenvalue weighted by Crippen LogP contribution is -2.35. The third kappa shape index (κ3) is 4.97. The van der Waals surface area contributed by atoms with Gasteiger partial charge in [-0.25, -0.2) is 4.79 Å². The molecule has 0 aliphatic rings. The number of halogens is 1. The standard InChI is InChI=1S/C17H17ClN4O/c1-13-6-7-14(11-16(13)18)21-17(23)22(10-4-8-19)12-15-5-2-3-9-20-15/h2-3,5-7,9,11H,4,10,12H2,1H3,(H,21,23). The molecule has 0 saturated carbocycles. The molecule has 1 N–H and O–H groups in total. The molecule has 0 fully saturated rings. The predicted octanol–water partition coefficient (Wildman–Crippen LogP) is 3.99. The van der Waals surface area contributed by atoms with E-state index < -0.39 is 0 Å². The van der Waals surface area contributed by atoms with Crippen LogP contribution in [0.3, 0.4) is 0 Å². The summed E-state index contributed by atoms with van der Waals surface area (Å²) < 4.78 is 0. The number of carbonyl (C=O) groups is 1. The molecule has 1 heterocycles. The molecule has 0 aliphatic heterocycles. The molecule has 6 heteroatoms. The number of aromatic nitrogens is 1. The average Bonchev–Trinajstić information content (AvgIpc) is 2.55. The Kier molecular flexibility index (Phi) is 5.95. The predicted molar refractivity (Wildman–Crippen MR) is 90.1 cm³/mol. The number of anilines is 1. The van der Waals surface area contributed by atoms with Gasteiger partial charge >= 0.3 is 6.03 Å². The van der Waals surface area contributed by atoms with Crippen LogP contribution in [0, 0.1) is 18.3 Å². The molecule has 2 rings (SSSR count). The fourth-order valence-corrected chi connectivity index (χ4v) is 2.18. The summed E-state index contributed by atoms with van der Waals surface area (Å²) in [5, 5.41) is 12.2. The number of amides is 2. The van der Waals surface area contributed by atoms with Gasteiger partial charge < -0.3 is 10.2 Å². The number of carbonyl (C=O) groups excluding carboxylic acids is 1. The highest BCUT2D eigenvalue weighted by Gasteiger charge is 2.15. The van der Waals surface area contributed by atoms with Crippen molar-refractivity contribution in [2.45, 2.75) is 19.9 Å². The molecule has 2 aromatic rings. The van der Waals surface area contributed by atoms with E-state index in [2.05, 4.69) is 16.4 Å². The summed E-state index contributed by atoms with van der Waals surface area (Å²) in [5.74, 6) is 0. The van der Waals surface area contributed by atoms with Crippen LogP contribution in [0.2, 0.25) is 5.02 Å². The molecule has 0 spiro atoms. The van der Waals surface area contributed by atoms with Gasteiger partial charge in [-0.1, -0.05) is 23.7 Å². The molecule has 0 unspecified atom stereocenters. The number of nitrogens with zero attached hydrogens (tertiary/aromatic N) is 3. The van der Waals surface area contributed by atoms with E-state index in [1.54, 1.807) is 23.2 Å². The summed E-state index contributed by atoms with van der Waals surface area (Å²) in [7, 11) is 0. The lowest BCUT2D eigenvalue weighted by molar-refractivity contribution is 0.209. The lowest BCUT2D eigenvalue weighted by Gasteiger charge is -2.22. The first kappa shape index (κ1) is 16.8. The molecule has 23 heavy (non-hydrogen) atoms. The van der Waals surface area contributed by atoms with E-state index in [1.165, 1.54) is 0 Å². The molecule has 5 nitrogen and oxygen atoms in total. The van der Waals surface area contributed by atoms with Gasteiger partial charge in [0, 0.05) is 23.5 Å². The molecule has 1 aromatic carbocycles. The Morgan fingerprint density at radius 1 is 1.39 bits per heavy atom. The molecular formula is C17H17ClN4O. The Bertz CT molecular complexity index is 712. The molecule has 1 aromatic heterocycles. The lowest BCUT2D eigenvalue weighted by atomic mass is 10.2. The number of hydrogen-bond acceptors (Lipinski definition) is 3. The van der Waals surface area contributed by atoms with Crippen molar-refractivity contribution < 1.29 is 4.79 Å². The maximum absolute atomic E-state index is 12.5. The quantitative estimate of drug-likeness (QED) is 0.902. The smallest absolute Gasteiger partial charge is 0.318 e. The van der Waals surface area contributed by atoms with E-state index >= 15 is 0 Å². The highest BCUT2D eigenvalue weighted by Crippen LogP contribution is 2.20. The SMILES string of the molecule is Cc1ccc(NC(=O)N(CCC#N)Cc2ccccn2)cc1Cl. The molecule has 0 aliphatic carbocycles. The van der Waals surface area contributed by atoms with E-state index in [4.69, 9.17) is 16.9 Å². The first-order valence-electron chi connectivity index (χ1n) is 7.19. The number of benzene rings is 1. The molecule has 0 bridgehead atoms. The summed E-state index contributed by atoms with van der Waals surface area (Å²) in [6.45, 7) is 2.57. The summed E-state index contributed by atoms with van der Waals surface area (Å²) in [6.07, 6.45) is 1.93. The maximum Gasteiger partial charge on any atom is 0.322 e. The van der Waals surface area contributed by atoms with Crippen LogP contribution < -0.4 is 5.32 Å². The van der Waals surface area contributed by atoms with Gasteiger partial charge in [-0.05, 0) is 36.8 Å². The highest BCUT2D eigenvalue weighted by molar-refractivity contribution is 6.31. The Labute approximate surface area is 140 Å². The third-order valence-electron chi connectivity index (χ3n) is 3.28. The van der Waals surface area contributed by atoms with Crippen molar-refractivity contribution in [1.82, 2.24) is 9.88 Å². The van der Waals surface area contributed by atoms with Gasteiger partial charge in [-0.2, -0.15) is 5.26 Å². The van der Waals surface area contributed by atoms with Crippen molar-refractivity contribution >= 4 is 23.3 Å². The minimum absolute atomic E-state index is 0.259. The van der Waals surface area contributed by atoms with Gasteiger partial charge in [-0.3, -0.25) is 4.98 Å². The number of pyridine rings is 1. The molecule has 118 valence electrons. The van der Waals surface area contributed by atoms with Gasteiger partial charge in [0.25, 0.3) is 0 Å². The first-order valence-corrected chi connectivity index (χ1v) is 7.57. The van der Waals surface area contributed by atoms with Crippen LogP contribution in [0.25, 0.3) is 0 Å². The first-order chi connectivity index (χ1) is 11.1. The number of nitriles is 1. The van der Waals surface area contributed by atoms with E-state index in [0.29, 0.717) is 23.8 Å². The van der Waals surface area contributed by atoms with Crippen LogP contribution in [-0.4, -0.2) is 22.5 Å². The second-order valence-electron chi connectivity index (χ2n) is 5.04. The van der Waals surface area contributed by atoms with Crippen LogP contribution in [0.1, 0.15) is 17.7 Å². The second-order valence-corrected chi connectivity index (χ2v) is 5.45. The van der Waals surface area contributed by atoms with Crippen LogP contribution in [-0.2, 0) is 6.54 Å². The monoisotopic (exact) mass is 328 g/mol. The zero-order valence-corrected chi connectivity index (χ0v) is 13.5. The van der Waals surface area contributed by atoms with Crippen LogP contribution >= 0.6 is 11.6 Å². The van der Waals surface area contributed by atoms with Gasteiger partial charge in [0.2, 0.25) is 0 Å². The fourth-order valence-electron chi connectivity index (χ4n) is 2.00. The average molecular weight is 329 g/mol. The number of nitrogens with one attached hydrogen (secondary N) is 1. The van der Waals surface area contributed by atoms with Crippen LogP contribution in [0.5, 0.6) is 0 Å². The van der Waals surface area contributed by atoms with E-state index in [-0.39, 0.29) is 12.5 Å². The van der Waals surface area contributed by atoms with E-state index in [1.807, 2.05) is 31.2 Å².